The fourth-order valence-corrected chi connectivity index (χ4v) is 10.6. The van der Waals surface area contributed by atoms with Crippen molar-refractivity contribution < 1.29 is 34.4 Å². The van der Waals surface area contributed by atoms with E-state index in [1.54, 1.807) is 26.8 Å². The van der Waals surface area contributed by atoms with Crippen molar-refractivity contribution >= 4 is 17.5 Å². The molecule has 0 spiro atoms. The van der Waals surface area contributed by atoms with Crippen LogP contribution in [0.3, 0.4) is 0 Å². The van der Waals surface area contributed by atoms with Crippen LogP contribution in [0.4, 0.5) is 0 Å². The molecule has 0 radical (unpaired) electrons. The number of aliphatic hydroxyl groups excluding tert-OH is 1. The smallest absolute Gasteiger partial charge is 0.346 e. The van der Waals surface area contributed by atoms with E-state index in [1.165, 1.54) is 7.11 Å². The minimum atomic E-state index is -2.35. The number of methoxy groups -OCH3 is 1. The van der Waals surface area contributed by atoms with Gasteiger partial charge in [0.15, 0.2) is 11.6 Å². The molecule has 214 valence electrons. The average Bonchev–Trinajstić information content (AvgIpc) is 3.19. The number of allylic oxidation sites excluding steroid dienone is 2. The maximum atomic E-state index is 13.8. The van der Waals surface area contributed by atoms with Gasteiger partial charge < -0.3 is 20.1 Å². The van der Waals surface area contributed by atoms with Crippen molar-refractivity contribution in [3.8, 4) is 0 Å². The second kappa shape index (κ2) is 8.71. The lowest BCUT2D eigenvalue weighted by molar-refractivity contribution is -0.255. The zero-order valence-electron chi connectivity index (χ0n) is 24.7. The van der Waals surface area contributed by atoms with E-state index in [2.05, 4.69) is 13.8 Å². The van der Waals surface area contributed by atoms with E-state index >= 15 is 0 Å². The summed E-state index contributed by atoms with van der Waals surface area (Å²) in [6, 6.07) is 0. The first-order chi connectivity index (χ1) is 17.3. The molecule has 3 N–H and O–H groups in total. The molecule has 0 aromatic carbocycles. The van der Waals surface area contributed by atoms with Crippen molar-refractivity contribution in [3.05, 3.63) is 11.6 Å². The quantitative estimate of drug-likeness (QED) is 0.278. The van der Waals surface area contributed by atoms with E-state index < -0.39 is 51.2 Å². The largest absolute Gasteiger partial charge is 0.467 e. The molecule has 4 saturated carbocycles. The van der Waals surface area contributed by atoms with Crippen molar-refractivity contribution in [2.24, 2.45) is 45.3 Å². The highest BCUT2D eigenvalue weighted by atomic mass is 16.5. The summed E-state index contributed by atoms with van der Waals surface area (Å²) in [7, 11) is 1.19. The highest BCUT2D eigenvalue weighted by molar-refractivity contribution is 6.12. The zero-order valence-corrected chi connectivity index (χ0v) is 24.7. The van der Waals surface area contributed by atoms with Gasteiger partial charge in [0, 0.05) is 23.2 Å². The van der Waals surface area contributed by atoms with Gasteiger partial charge in [0.25, 0.3) is 0 Å². The van der Waals surface area contributed by atoms with E-state index in [9.17, 15) is 29.7 Å². The molecule has 7 heteroatoms. The van der Waals surface area contributed by atoms with Gasteiger partial charge in [0.2, 0.25) is 5.60 Å². The molecule has 0 aliphatic heterocycles. The van der Waals surface area contributed by atoms with Gasteiger partial charge in [-0.15, -0.1) is 0 Å². The van der Waals surface area contributed by atoms with E-state index in [0.29, 0.717) is 12.8 Å². The number of aliphatic hydroxyl groups is 3. The number of ether oxygens (including phenoxy) is 1. The van der Waals surface area contributed by atoms with Gasteiger partial charge >= 0.3 is 5.97 Å². The Bertz CT molecular complexity index is 1070. The Hall–Kier alpha value is -1.57. The number of carbonyl (C=O) groups excluding carboxylic acids is 3. The summed E-state index contributed by atoms with van der Waals surface area (Å²) in [6.45, 7) is 15.2. The van der Waals surface area contributed by atoms with Crippen LogP contribution in [0.1, 0.15) is 93.9 Å². The number of carbonyl (C=O) groups is 3. The molecule has 38 heavy (non-hydrogen) atoms. The Morgan fingerprint density at radius 3 is 2.21 bits per heavy atom. The van der Waals surface area contributed by atoms with Crippen molar-refractivity contribution in [1.82, 2.24) is 0 Å². The first kappa shape index (κ1) is 29.4. The molecule has 0 amide bonds. The average molecular weight is 533 g/mol. The first-order valence-electron chi connectivity index (χ1n) is 14.2. The van der Waals surface area contributed by atoms with Gasteiger partial charge in [-0.3, -0.25) is 9.59 Å². The molecule has 1 unspecified atom stereocenters. The number of esters is 1. The molecule has 4 fully saturated rings. The molecular formula is C31H48O7. The summed E-state index contributed by atoms with van der Waals surface area (Å²) in [4.78, 5) is 39.6. The third-order valence-corrected chi connectivity index (χ3v) is 12.3. The summed E-state index contributed by atoms with van der Waals surface area (Å²) in [5.74, 6) is -2.65. The zero-order chi connectivity index (χ0) is 28.9. The van der Waals surface area contributed by atoms with E-state index in [0.717, 1.165) is 24.8 Å². The molecule has 4 rings (SSSR count). The lowest BCUT2D eigenvalue weighted by atomic mass is 9.37. The monoisotopic (exact) mass is 532 g/mol. The second-order valence-corrected chi connectivity index (χ2v) is 14.7. The van der Waals surface area contributed by atoms with Crippen molar-refractivity contribution in [3.63, 3.8) is 0 Å². The summed E-state index contributed by atoms with van der Waals surface area (Å²) in [6.07, 6.45) is 3.97. The van der Waals surface area contributed by atoms with Crippen molar-refractivity contribution in [2.75, 3.05) is 7.11 Å². The SMILES string of the molecule is COC(=O)[C@@]1(O)C(=O)C(C)(C)[C@@H]2CC[C@]3(C)[C@H]([C@H](O)C[C@@H]4C([C@](C)(O)CC(=O)C=C(C)C)CC[C@]43C)[C@]21C. The molecule has 7 nitrogen and oxygen atoms in total. The Labute approximate surface area is 227 Å². The molecule has 0 aromatic rings. The molecular weight excluding hydrogens is 484 g/mol. The number of hydrogen-bond acceptors (Lipinski definition) is 7. The topological polar surface area (TPSA) is 121 Å². The number of Topliss-reactive ketones (excluding diaryl/α,β-unsaturated/α-hetero) is 1. The molecule has 4 aliphatic rings. The lowest BCUT2D eigenvalue weighted by Gasteiger charge is -2.68. The summed E-state index contributed by atoms with van der Waals surface area (Å²) < 4.78 is 5.04. The number of hydrogen-bond donors (Lipinski definition) is 3. The maximum absolute atomic E-state index is 13.8. The van der Waals surface area contributed by atoms with Crippen molar-refractivity contribution in [1.29, 1.82) is 0 Å². The van der Waals surface area contributed by atoms with Gasteiger partial charge in [-0.1, -0.05) is 40.2 Å². The van der Waals surface area contributed by atoms with E-state index in [-0.39, 0.29) is 35.4 Å². The Kier molecular flexibility index (Phi) is 6.74. The van der Waals surface area contributed by atoms with Gasteiger partial charge in [0.1, 0.15) is 0 Å². The van der Waals surface area contributed by atoms with Gasteiger partial charge in [-0.05, 0) is 87.5 Å². The highest BCUT2D eigenvalue weighted by Crippen LogP contribution is 2.77. The fourth-order valence-electron chi connectivity index (χ4n) is 10.6. The summed E-state index contributed by atoms with van der Waals surface area (Å²) in [5, 5.41) is 35.6. The second-order valence-electron chi connectivity index (χ2n) is 14.7. The fraction of sp³-hybridized carbons (Fsp3) is 0.839. The van der Waals surface area contributed by atoms with Crippen LogP contribution in [-0.4, -0.2) is 57.3 Å². The highest BCUT2D eigenvalue weighted by Gasteiger charge is 2.82. The number of ketones is 2. The predicted molar refractivity (Wildman–Crippen MR) is 143 cm³/mol. The molecule has 0 saturated heterocycles. The third-order valence-electron chi connectivity index (χ3n) is 12.3. The summed E-state index contributed by atoms with van der Waals surface area (Å²) >= 11 is 0. The predicted octanol–water partition coefficient (Wildman–Crippen LogP) is 4.01. The van der Waals surface area contributed by atoms with Gasteiger partial charge in [-0.25, -0.2) is 4.79 Å². The van der Waals surface area contributed by atoms with E-state index in [4.69, 9.17) is 4.74 Å². The minimum absolute atomic E-state index is 0.0240. The first-order valence-corrected chi connectivity index (χ1v) is 14.2. The van der Waals surface area contributed by atoms with Crippen molar-refractivity contribution in [2.45, 2.75) is 111 Å². The summed E-state index contributed by atoms with van der Waals surface area (Å²) in [5.41, 5.74) is -5.71. The van der Waals surface area contributed by atoms with Gasteiger partial charge in [0.05, 0.1) is 18.8 Å². The molecule has 10 atom stereocenters. The molecule has 0 heterocycles. The van der Waals surface area contributed by atoms with Crippen LogP contribution in [-0.2, 0) is 19.1 Å². The number of rotatable bonds is 5. The Morgan fingerprint density at radius 1 is 1.08 bits per heavy atom. The standard InChI is InChI=1S/C31H48O7/c1-17(2)14-18(32)16-29(7,36)19-10-12-27(5)20(19)15-21(33)23-28(27,6)13-11-22-26(3,4)24(34)31(37,25(35)38-9)30(22,23)8/h14,19-23,33,36-37H,10-13,15-16H2,1-9H3/t19?,20-,21-,22+,23+,27-,28-,29-,30+,31+/m1/s1. The Balaban J connectivity index is 1.80. The van der Waals surface area contributed by atoms with Gasteiger partial charge in [-0.2, -0.15) is 0 Å². The van der Waals surface area contributed by atoms with Crippen LogP contribution < -0.4 is 0 Å². The maximum Gasteiger partial charge on any atom is 0.346 e. The van der Waals surface area contributed by atoms with Crippen LogP contribution in [0, 0.1) is 45.3 Å². The van der Waals surface area contributed by atoms with E-state index in [1.807, 2.05) is 20.8 Å². The minimum Gasteiger partial charge on any atom is -0.467 e. The lowest BCUT2D eigenvalue weighted by Crippen LogP contribution is -2.70. The molecule has 4 aliphatic carbocycles. The molecule has 0 aromatic heterocycles. The Morgan fingerprint density at radius 2 is 1.66 bits per heavy atom. The van der Waals surface area contributed by atoms with Crippen LogP contribution in [0.5, 0.6) is 0 Å². The molecule has 0 bridgehead atoms. The van der Waals surface area contributed by atoms with Crippen LogP contribution in [0.2, 0.25) is 0 Å². The number of fused-ring (bicyclic) bond motifs is 5. The third kappa shape index (κ3) is 3.46. The van der Waals surface area contributed by atoms with Crippen LogP contribution in [0.15, 0.2) is 11.6 Å². The van der Waals surface area contributed by atoms with Crippen LogP contribution in [0.25, 0.3) is 0 Å². The normalized spacial score (nSPS) is 46.8. The van der Waals surface area contributed by atoms with Crippen LogP contribution >= 0.6 is 0 Å².